The van der Waals surface area contributed by atoms with Gasteiger partial charge < -0.3 is 15.4 Å². The van der Waals surface area contributed by atoms with Crippen LogP contribution in [0.2, 0.25) is 0 Å². The summed E-state index contributed by atoms with van der Waals surface area (Å²) in [6.45, 7) is 5.32. The van der Waals surface area contributed by atoms with Gasteiger partial charge >= 0.3 is 0 Å². The molecule has 0 aromatic heterocycles. The second-order valence-corrected chi connectivity index (χ2v) is 6.13. The van der Waals surface area contributed by atoms with E-state index in [9.17, 15) is 9.18 Å². The molecular weight excluding hydrogens is 283 g/mol. The Bertz CT molecular complexity index is 501. The first-order valence-corrected chi connectivity index (χ1v) is 7.88. The maximum Gasteiger partial charge on any atom is 0.227 e. The zero-order chi connectivity index (χ0) is 16.1. The van der Waals surface area contributed by atoms with Crippen LogP contribution < -0.4 is 5.73 Å². The summed E-state index contributed by atoms with van der Waals surface area (Å²) < 4.78 is 19.0. The average Bonchev–Trinajstić information content (AvgIpc) is 2.98. The number of carbonyl (C=O) groups excluding carboxylic acids is 1. The molecule has 0 radical (unpaired) electrons. The van der Waals surface area contributed by atoms with Crippen molar-refractivity contribution in [1.29, 1.82) is 0 Å². The van der Waals surface area contributed by atoms with Crippen molar-refractivity contribution in [2.45, 2.75) is 45.4 Å². The van der Waals surface area contributed by atoms with Crippen molar-refractivity contribution < 1.29 is 13.9 Å². The Labute approximate surface area is 131 Å². The van der Waals surface area contributed by atoms with Gasteiger partial charge in [-0.05, 0) is 37.5 Å². The first kappa shape index (κ1) is 16.9. The molecule has 0 bridgehead atoms. The molecule has 3 atom stereocenters. The number of hydrogen-bond acceptors (Lipinski definition) is 3. The van der Waals surface area contributed by atoms with E-state index in [2.05, 4.69) is 0 Å². The lowest BCUT2D eigenvalue weighted by molar-refractivity contribution is -0.137. The second kappa shape index (κ2) is 7.70. The summed E-state index contributed by atoms with van der Waals surface area (Å²) in [7, 11) is 0. The zero-order valence-electron chi connectivity index (χ0n) is 13.3. The molecular formula is C17H25FN2O2. The molecule has 3 unspecified atom stereocenters. The molecule has 22 heavy (non-hydrogen) atoms. The highest BCUT2D eigenvalue weighted by atomic mass is 19.1. The predicted octanol–water partition coefficient (Wildman–Crippen LogP) is 2.32. The minimum Gasteiger partial charge on any atom is -0.376 e. The monoisotopic (exact) mass is 308 g/mol. The second-order valence-electron chi connectivity index (χ2n) is 6.13. The van der Waals surface area contributed by atoms with Crippen LogP contribution in [-0.4, -0.2) is 36.1 Å². The normalized spacial score (nSPS) is 20.6. The largest absolute Gasteiger partial charge is 0.376 e. The number of hydrogen-bond donors (Lipinski definition) is 1. The molecule has 0 aliphatic carbocycles. The van der Waals surface area contributed by atoms with Gasteiger partial charge in [-0.1, -0.05) is 19.1 Å². The SMILES string of the molecule is CC(N)C(C)C(=O)N(Cc1cccc(F)c1)CC1CCCO1. The van der Waals surface area contributed by atoms with Gasteiger partial charge in [-0.2, -0.15) is 0 Å². The lowest BCUT2D eigenvalue weighted by Crippen LogP contribution is -2.44. The van der Waals surface area contributed by atoms with E-state index in [1.807, 2.05) is 19.9 Å². The van der Waals surface area contributed by atoms with E-state index in [1.165, 1.54) is 12.1 Å². The van der Waals surface area contributed by atoms with Crippen molar-refractivity contribution in [3.05, 3.63) is 35.6 Å². The summed E-state index contributed by atoms with van der Waals surface area (Å²) in [4.78, 5) is 14.4. The Kier molecular flexibility index (Phi) is 5.91. The van der Waals surface area contributed by atoms with Crippen molar-refractivity contribution in [1.82, 2.24) is 4.90 Å². The summed E-state index contributed by atoms with van der Waals surface area (Å²) in [5.74, 6) is -0.563. The third-order valence-corrected chi connectivity index (χ3v) is 4.20. The zero-order valence-corrected chi connectivity index (χ0v) is 13.3. The van der Waals surface area contributed by atoms with Gasteiger partial charge in [0.05, 0.1) is 12.0 Å². The number of carbonyl (C=O) groups is 1. The molecule has 1 aromatic rings. The Balaban J connectivity index is 2.11. The Hall–Kier alpha value is -1.46. The molecule has 2 N–H and O–H groups in total. The lowest BCUT2D eigenvalue weighted by atomic mass is 10.0. The third-order valence-electron chi connectivity index (χ3n) is 4.20. The van der Waals surface area contributed by atoms with Crippen molar-refractivity contribution in [2.75, 3.05) is 13.2 Å². The first-order chi connectivity index (χ1) is 10.5. The van der Waals surface area contributed by atoms with E-state index in [0.29, 0.717) is 13.1 Å². The van der Waals surface area contributed by atoms with Gasteiger partial charge in [-0.3, -0.25) is 4.79 Å². The number of halogens is 1. The van der Waals surface area contributed by atoms with E-state index in [1.54, 1.807) is 11.0 Å². The Morgan fingerprint density at radius 2 is 2.27 bits per heavy atom. The van der Waals surface area contributed by atoms with Crippen LogP contribution in [0.15, 0.2) is 24.3 Å². The average molecular weight is 308 g/mol. The van der Waals surface area contributed by atoms with Crippen LogP contribution in [0.4, 0.5) is 4.39 Å². The van der Waals surface area contributed by atoms with Crippen molar-refractivity contribution in [3.8, 4) is 0 Å². The fourth-order valence-corrected chi connectivity index (χ4v) is 2.64. The minimum atomic E-state index is -0.290. The quantitative estimate of drug-likeness (QED) is 0.877. The standard InChI is InChI=1S/C17H25FN2O2/c1-12(13(2)19)17(21)20(11-16-7-4-8-22-16)10-14-5-3-6-15(18)9-14/h3,5-6,9,12-13,16H,4,7-8,10-11,19H2,1-2H3. The molecule has 1 aliphatic rings. The fourth-order valence-electron chi connectivity index (χ4n) is 2.64. The van der Waals surface area contributed by atoms with Crippen molar-refractivity contribution in [2.24, 2.45) is 11.7 Å². The minimum absolute atomic E-state index is 0.00485. The number of amides is 1. The van der Waals surface area contributed by atoms with E-state index in [4.69, 9.17) is 10.5 Å². The van der Waals surface area contributed by atoms with E-state index < -0.39 is 0 Å². The molecule has 0 spiro atoms. The van der Waals surface area contributed by atoms with Crippen LogP contribution in [0, 0.1) is 11.7 Å². The summed E-state index contributed by atoms with van der Waals surface area (Å²) >= 11 is 0. The van der Waals surface area contributed by atoms with Gasteiger partial charge in [0.15, 0.2) is 0 Å². The predicted molar refractivity (Wildman–Crippen MR) is 83.6 cm³/mol. The molecule has 1 saturated heterocycles. The number of nitrogens with zero attached hydrogens (tertiary/aromatic N) is 1. The smallest absolute Gasteiger partial charge is 0.227 e. The summed E-state index contributed by atoms with van der Waals surface area (Å²) in [5, 5.41) is 0. The molecule has 1 aromatic carbocycles. The molecule has 2 rings (SSSR count). The number of rotatable bonds is 6. The number of benzene rings is 1. The highest BCUT2D eigenvalue weighted by Crippen LogP contribution is 2.18. The van der Waals surface area contributed by atoms with Crippen LogP contribution >= 0.6 is 0 Å². The summed E-state index contributed by atoms with van der Waals surface area (Å²) in [6, 6.07) is 6.14. The summed E-state index contributed by atoms with van der Waals surface area (Å²) in [6.07, 6.45) is 2.05. The van der Waals surface area contributed by atoms with E-state index >= 15 is 0 Å². The third kappa shape index (κ3) is 4.52. The molecule has 122 valence electrons. The lowest BCUT2D eigenvalue weighted by Gasteiger charge is -2.29. The van der Waals surface area contributed by atoms with E-state index in [0.717, 1.165) is 25.0 Å². The van der Waals surface area contributed by atoms with Crippen LogP contribution in [0.1, 0.15) is 32.3 Å². The van der Waals surface area contributed by atoms with Gasteiger partial charge in [0, 0.05) is 25.7 Å². The maximum absolute atomic E-state index is 13.4. The van der Waals surface area contributed by atoms with Gasteiger partial charge in [0.1, 0.15) is 5.82 Å². The molecule has 1 heterocycles. The van der Waals surface area contributed by atoms with Crippen LogP contribution in [0.3, 0.4) is 0 Å². The molecule has 1 aliphatic heterocycles. The highest BCUT2D eigenvalue weighted by molar-refractivity contribution is 5.79. The molecule has 0 saturated carbocycles. The van der Waals surface area contributed by atoms with E-state index in [-0.39, 0.29) is 29.8 Å². The van der Waals surface area contributed by atoms with Crippen molar-refractivity contribution >= 4 is 5.91 Å². The topological polar surface area (TPSA) is 55.6 Å². The van der Waals surface area contributed by atoms with Crippen molar-refractivity contribution in [3.63, 3.8) is 0 Å². The maximum atomic E-state index is 13.4. The fraction of sp³-hybridized carbons (Fsp3) is 0.588. The molecule has 1 amide bonds. The number of nitrogens with two attached hydrogens (primary N) is 1. The van der Waals surface area contributed by atoms with Crippen LogP contribution in [-0.2, 0) is 16.1 Å². The van der Waals surface area contributed by atoms with Gasteiger partial charge in [-0.25, -0.2) is 4.39 Å². The van der Waals surface area contributed by atoms with Gasteiger partial charge in [0.2, 0.25) is 5.91 Å². The molecule has 5 heteroatoms. The van der Waals surface area contributed by atoms with Gasteiger partial charge in [0.25, 0.3) is 0 Å². The first-order valence-electron chi connectivity index (χ1n) is 7.88. The molecule has 1 fully saturated rings. The molecule has 4 nitrogen and oxygen atoms in total. The van der Waals surface area contributed by atoms with Crippen LogP contribution in [0.25, 0.3) is 0 Å². The Morgan fingerprint density at radius 3 is 2.86 bits per heavy atom. The highest BCUT2D eigenvalue weighted by Gasteiger charge is 2.27. The van der Waals surface area contributed by atoms with Crippen LogP contribution in [0.5, 0.6) is 0 Å². The van der Waals surface area contributed by atoms with Gasteiger partial charge in [-0.15, -0.1) is 0 Å². The summed E-state index contributed by atoms with van der Waals surface area (Å²) in [5.41, 5.74) is 6.64. The number of ether oxygens (including phenoxy) is 1. The Morgan fingerprint density at radius 1 is 1.50 bits per heavy atom.